The number of carbonyl (C=O) groups excluding carboxylic acids is 1. The highest BCUT2D eigenvalue weighted by Gasteiger charge is 2.34. The molecule has 4 heteroatoms. The number of hydrogen-bond acceptors (Lipinski definition) is 3. The highest BCUT2D eigenvalue weighted by molar-refractivity contribution is 5.98. The van der Waals surface area contributed by atoms with Crippen molar-refractivity contribution in [3.8, 4) is 0 Å². The minimum Gasteiger partial charge on any atom is -0.330 e. The molecule has 6 rings (SSSR count). The smallest absolute Gasteiger partial charge is 0.254 e. The zero-order chi connectivity index (χ0) is 22.2. The summed E-state index contributed by atoms with van der Waals surface area (Å²) in [5, 5.41) is 3.46. The lowest BCUT2D eigenvalue weighted by atomic mass is 9.86. The first-order chi connectivity index (χ1) is 16.3. The summed E-state index contributed by atoms with van der Waals surface area (Å²) in [6.07, 6.45) is 9.97. The number of piperidine rings is 2. The summed E-state index contributed by atoms with van der Waals surface area (Å²) in [6.45, 7) is 6.27. The highest BCUT2D eigenvalue weighted by atomic mass is 16.2. The lowest BCUT2D eigenvalue weighted by Crippen LogP contribution is -2.46. The van der Waals surface area contributed by atoms with Crippen LogP contribution in [0.15, 0.2) is 36.4 Å². The number of nitrogens with zero attached hydrogens (tertiary/aromatic N) is 2. The maximum Gasteiger partial charge on any atom is 0.254 e. The molecule has 0 spiro atoms. The molecule has 1 amide bonds. The lowest BCUT2D eigenvalue weighted by molar-refractivity contribution is 0.0674. The van der Waals surface area contributed by atoms with Gasteiger partial charge in [0.1, 0.15) is 0 Å². The number of benzene rings is 2. The van der Waals surface area contributed by atoms with Crippen LogP contribution in [0.25, 0.3) is 0 Å². The van der Waals surface area contributed by atoms with Crippen molar-refractivity contribution >= 4 is 5.91 Å². The molecule has 2 saturated heterocycles. The van der Waals surface area contributed by atoms with Gasteiger partial charge in [-0.3, -0.25) is 9.69 Å². The van der Waals surface area contributed by atoms with Gasteiger partial charge in [0, 0.05) is 31.2 Å². The van der Waals surface area contributed by atoms with Gasteiger partial charge in [0.15, 0.2) is 0 Å². The van der Waals surface area contributed by atoms with E-state index in [4.69, 9.17) is 0 Å². The SMILES string of the molecule is O=C1c2ccc(C3CCN(Cc4cccc5c4CCCC5)CC3)cc2CN1C1CCCNC1. The number of fused-ring (bicyclic) bond motifs is 2. The second-order valence-electron chi connectivity index (χ2n) is 10.7. The summed E-state index contributed by atoms with van der Waals surface area (Å²) < 4.78 is 0. The van der Waals surface area contributed by atoms with Crippen molar-refractivity contribution in [1.29, 1.82) is 0 Å². The fourth-order valence-electron chi connectivity index (χ4n) is 6.69. The van der Waals surface area contributed by atoms with E-state index in [1.807, 2.05) is 0 Å². The first kappa shape index (κ1) is 21.4. The molecule has 4 aliphatic rings. The fraction of sp³-hybridized carbons (Fsp3) is 0.552. The second-order valence-corrected chi connectivity index (χ2v) is 10.7. The molecule has 3 heterocycles. The molecular weight excluding hydrogens is 406 g/mol. The second kappa shape index (κ2) is 9.23. The molecule has 0 bridgehead atoms. The van der Waals surface area contributed by atoms with Crippen LogP contribution in [0, 0.1) is 0 Å². The summed E-state index contributed by atoms with van der Waals surface area (Å²) >= 11 is 0. The molecule has 2 aromatic carbocycles. The minimum absolute atomic E-state index is 0.242. The third-order valence-corrected chi connectivity index (χ3v) is 8.62. The molecule has 0 aromatic heterocycles. The van der Waals surface area contributed by atoms with E-state index in [1.54, 1.807) is 16.7 Å². The molecule has 33 heavy (non-hydrogen) atoms. The molecular formula is C29H37N3O. The Bertz CT molecular complexity index is 1020. The fourth-order valence-corrected chi connectivity index (χ4v) is 6.69. The summed E-state index contributed by atoms with van der Waals surface area (Å²) in [5.41, 5.74) is 8.45. The molecule has 0 saturated carbocycles. The largest absolute Gasteiger partial charge is 0.330 e. The zero-order valence-electron chi connectivity index (χ0n) is 19.8. The summed E-state index contributed by atoms with van der Waals surface area (Å²) in [4.78, 5) is 17.8. The Kier molecular flexibility index (Phi) is 5.98. The van der Waals surface area contributed by atoms with Crippen LogP contribution in [0.3, 0.4) is 0 Å². The van der Waals surface area contributed by atoms with Crippen molar-refractivity contribution in [1.82, 2.24) is 15.1 Å². The number of carbonyl (C=O) groups is 1. The van der Waals surface area contributed by atoms with Crippen LogP contribution >= 0.6 is 0 Å². The topological polar surface area (TPSA) is 35.6 Å². The van der Waals surface area contributed by atoms with Gasteiger partial charge in [0.05, 0.1) is 0 Å². The van der Waals surface area contributed by atoms with E-state index in [2.05, 4.69) is 51.5 Å². The number of nitrogens with one attached hydrogen (secondary N) is 1. The van der Waals surface area contributed by atoms with Gasteiger partial charge >= 0.3 is 0 Å². The predicted octanol–water partition coefficient (Wildman–Crippen LogP) is 4.65. The molecule has 4 nitrogen and oxygen atoms in total. The van der Waals surface area contributed by atoms with Gasteiger partial charge in [-0.15, -0.1) is 0 Å². The molecule has 0 radical (unpaired) electrons. The Hall–Kier alpha value is -2.17. The molecule has 1 aliphatic carbocycles. The van der Waals surface area contributed by atoms with E-state index < -0.39 is 0 Å². The van der Waals surface area contributed by atoms with Crippen molar-refractivity contribution in [2.24, 2.45) is 0 Å². The van der Waals surface area contributed by atoms with Crippen molar-refractivity contribution in [3.63, 3.8) is 0 Å². The van der Waals surface area contributed by atoms with Crippen molar-refractivity contribution in [2.75, 3.05) is 26.2 Å². The Labute approximate surface area is 198 Å². The van der Waals surface area contributed by atoms with Gasteiger partial charge in [-0.05, 0) is 111 Å². The minimum atomic E-state index is 0.242. The van der Waals surface area contributed by atoms with Crippen LogP contribution < -0.4 is 5.32 Å². The standard InChI is InChI=1S/C29H37N3O/c33-29-28-11-10-23(17-25(28)20-32(29)26-8-4-14-30-18-26)21-12-15-31(16-13-21)19-24-7-3-6-22-5-1-2-9-27(22)24/h3,6-7,10-11,17,21,26,30H,1-2,4-5,8-9,12-16,18-20H2. The van der Waals surface area contributed by atoms with Crippen LogP contribution in [0.5, 0.6) is 0 Å². The molecule has 2 aromatic rings. The van der Waals surface area contributed by atoms with E-state index in [0.29, 0.717) is 12.0 Å². The van der Waals surface area contributed by atoms with E-state index in [-0.39, 0.29) is 5.91 Å². The third-order valence-electron chi connectivity index (χ3n) is 8.62. The van der Waals surface area contributed by atoms with Gasteiger partial charge < -0.3 is 10.2 Å². The van der Waals surface area contributed by atoms with E-state index in [0.717, 1.165) is 38.2 Å². The summed E-state index contributed by atoms with van der Waals surface area (Å²) in [7, 11) is 0. The first-order valence-electron chi connectivity index (χ1n) is 13.2. The molecule has 174 valence electrons. The zero-order valence-corrected chi connectivity index (χ0v) is 19.8. The Morgan fingerprint density at radius 2 is 1.82 bits per heavy atom. The molecule has 2 fully saturated rings. The van der Waals surface area contributed by atoms with E-state index in [1.165, 1.54) is 69.2 Å². The normalized spacial score (nSPS) is 24.1. The molecule has 3 aliphatic heterocycles. The van der Waals surface area contributed by atoms with Crippen LogP contribution in [-0.2, 0) is 25.9 Å². The third kappa shape index (κ3) is 4.24. The van der Waals surface area contributed by atoms with Crippen molar-refractivity contribution in [2.45, 2.75) is 76.4 Å². The lowest BCUT2D eigenvalue weighted by Gasteiger charge is -2.33. The van der Waals surface area contributed by atoms with E-state index in [9.17, 15) is 4.79 Å². The summed E-state index contributed by atoms with van der Waals surface area (Å²) in [5.74, 6) is 0.864. The molecule has 1 N–H and O–H groups in total. The van der Waals surface area contributed by atoms with Gasteiger partial charge in [-0.25, -0.2) is 0 Å². The van der Waals surface area contributed by atoms with Gasteiger partial charge in [0.25, 0.3) is 5.91 Å². The Morgan fingerprint density at radius 3 is 2.67 bits per heavy atom. The van der Waals surface area contributed by atoms with Gasteiger partial charge in [-0.2, -0.15) is 0 Å². The number of amides is 1. The van der Waals surface area contributed by atoms with Gasteiger partial charge in [0.2, 0.25) is 0 Å². The highest BCUT2D eigenvalue weighted by Crippen LogP contribution is 2.34. The van der Waals surface area contributed by atoms with Crippen LogP contribution in [0.1, 0.15) is 82.6 Å². The van der Waals surface area contributed by atoms with E-state index >= 15 is 0 Å². The van der Waals surface area contributed by atoms with Gasteiger partial charge in [-0.1, -0.05) is 30.3 Å². The average molecular weight is 444 g/mol. The number of hydrogen-bond donors (Lipinski definition) is 1. The first-order valence-corrected chi connectivity index (χ1v) is 13.2. The number of likely N-dealkylation sites (tertiary alicyclic amines) is 1. The van der Waals surface area contributed by atoms with Crippen LogP contribution in [0.2, 0.25) is 0 Å². The Balaban J connectivity index is 1.09. The number of aryl methyl sites for hydroxylation is 1. The van der Waals surface area contributed by atoms with Crippen molar-refractivity contribution in [3.05, 3.63) is 69.8 Å². The quantitative estimate of drug-likeness (QED) is 0.747. The number of rotatable bonds is 4. The predicted molar refractivity (Wildman–Crippen MR) is 133 cm³/mol. The average Bonchev–Trinajstić information content (AvgIpc) is 3.21. The molecule has 1 atom stereocenters. The molecule has 1 unspecified atom stereocenters. The van der Waals surface area contributed by atoms with Crippen LogP contribution in [0.4, 0.5) is 0 Å². The maximum atomic E-state index is 13.0. The maximum absolute atomic E-state index is 13.0. The monoisotopic (exact) mass is 443 g/mol. The Morgan fingerprint density at radius 1 is 0.939 bits per heavy atom. The van der Waals surface area contributed by atoms with Crippen molar-refractivity contribution < 1.29 is 4.79 Å². The summed E-state index contributed by atoms with van der Waals surface area (Å²) in [6, 6.07) is 14.0. The van der Waals surface area contributed by atoms with Crippen LogP contribution in [-0.4, -0.2) is 47.9 Å².